The third kappa shape index (κ3) is 4.65. The van der Waals surface area contributed by atoms with Crippen LogP contribution in [0.2, 0.25) is 0 Å². The van der Waals surface area contributed by atoms with E-state index in [1.807, 2.05) is 24.4 Å². The van der Waals surface area contributed by atoms with Crippen molar-refractivity contribution in [3.8, 4) is 5.75 Å². The Morgan fingerprint density at radius 2 is 1.78 bits per heavy atom. The number of rotatable bonds is 6. The third-order valence-corrected chi connectivity index (χ3v) is 6.65. The Morgan fingerprint density at radius 1 is 1.00 bits per heavy atom. The van der Waals surface area contributed by atoms with E-state index in [0.29, 0.717) is 12.0 Å². The van der Waals surface area contributed by atoms with Gasteiger partial charge in [0.2, 0.25) is 5.95 Å². The molecule has 0 atom stereocenters. The average Bonchev–Trinajstić information content (AvgIpc) is 3.35. The third-order valence-electron chi connectivity index (χ3n) is 6.65. The van der Waals surface area contributed by atoms with E-state index in [1.54, 1.807) is 0 Å². The van der Waals surface area contributed by atoms with Gasteiger partial charge in [0.25, 0.3) is 0 Å². The molecular weight excluding hydrogens is 398 g/mol. The van der Waals surface area contributed by atoms with E-state index in [-0.39, 0.29) is 6.10 Å². The second-order valence-electron chi connectivity index (χ2n) is 9.20. The normalized spacial score (nSPS) is 17.9. The standard InChI is InChI=1S/C26H33N5O/c1-19(2)30-15-11-23(12-16-30)32-24-10-5-7-20-18-27-26(29-25(20)24)28-21-8-6-9-22(17-21)31-13-3-4-14-31/h5-10,17-19,23H,3-4,11-16H2,1-2H3,(H,27,28,29). The molecule has 168 valence electrons. The highest BCUT2D eigenvalue weighted by atomic mass is 16.5. The fourth-order valence-corrected chi connectivity index (χ4v) is 4.76. The Labute approximate surface area is 190 Å². The predicted octanol–water partition coefficient (Wildman–Crippen LogP) is 5.23. The lowest BCUT2D eigenvalue weighted by Gasteiger charge is -2.34. The number of hydrogen-bond acceptors (Lipinski definition) is 6. The van der Waals surface area contributed by atoms with Crippen LogP contribution in [0.3, 0.4) is 0 Å². The van der Waals surface area contributed by atoms with Gasteiger partial charge in [-0.1, -0.05) is 18.2 Å². The molecule has 2 saturated heterocycles. The minimum atomic E-state index is 0.235. The molecular formula is C26H33N5O. The first-order valence-electron chi connectivity index (χ1n) is 11.9. The minimum absolute atomic E-state index is 0.235. The van der Waals surface area contributed by atoms with Crippen LogP contribution in [0, 0.1) is 0 Å². The van der Waals surface area contributed by atoms with E-state index in [9.17, 15) is 0 Å². The van der Waals surface area contributed by atoms with Crippen molar-refractivity contribution in [2.75, 3.05) is 36.4 Å². The summed E-state index contributed by atoms with van der Waals surface area (Å²) in [4.78, 5) is 14.3. The van der Waals surface area contributed by atoms with Crippen molar-refractivity contribution in [2.24, 2.45) is 0 Å². The topological polar surface area (TPSA) is 53.5 Å². The highest BCUT2D eigenvalue weighted by Crippen LogP contribution is 2.29. The van der Waals surface area contributed by atoms with Gasteiger partial charge in [0, 0.05) is 55.2 Å². The molecule has 2 aliphatic heterocycles. The second-order valence-corrected chi connectivity index (χ2v) is 9.20. The van der Waals surface area contributed by atoms with Crippen LogP contribution in [-0.4, -0.2) is 53.2 Å². The predicted molar refractivity (Wildman–Crippen MR) is 131 cm³/mol. The summed E-state index contributed by atoms with van der Waals surface area (Å²) < 4.78 is 6.44. The maximum Gasteiger partial charge on any atom is 0.227 e. The molecule has 0 radical (unpaired) electrons. The highest BCUT2D eigenvalue weighted by molar-refractivity contribution is 5.85. The zero-order valence-electron chi connectivity index (χ0n) is 19.1. The first kappa shape index (κ1) is 21.0. The summed E-state index contributed by atoms with van der Waals surface area (Å²) in [6.07, 6.45) is 6.75. The summed E-state index contributed by atoms with van der Waals surface area (Å²) in [5, 5.41) is 4.40. The number of nitrogens with one attached hydrogen (secondary N) is 1. The van der Waals surface area contributed by atoms with Gasteiger partial charge >= 0.3 is 0 Å². The molecule has 1 N–H and O–H groups in total. The maximum atomic E-state index is 6.44. The molecule has 2 fully saturated rings. The van der Waals surface area contributed by atoms with Crippen LogP contribution in [0.5, 0.6) is 5.75 Å². The number of fused-ring (bicyclic) bond motifs is 1. The summed E-state index contributed by atoms with van der Waals surface area (Å²) in [5.41, 5.74) is 3.13. The lowest BCUT2D eigenvalue weighted by molar-refractivity contribution is 0.0852. The summed E-state index contributed by atoms with van der Waals surface area (Å²) in [6, 6.07) is 15.2. The van der Waals surface area contributed by atoms with Crippen LogP contribution in [0.25, 0.3) is 10.9 Å². The van der Waals surface area contributed by atoms with E-state index >= 15 is 0 Å². The smallest absolute Gasteiger partial charge is 0.227 e. The molecule has 32 heavy (non-hydrogen) atoms. The van der Waals surface area contributed by atoms with Crippen molar-refractivity contribution in [1.82, 2.24) is 14.9 Å². The second kappa shape index (κ2) is 9.33. The number of anilines is 3. The number of para-hydroxylation sites is 1. The van der Waals surface area contributed by atoms with E-state index in [1.165, 1.54) is 18.5 Å². The number of aromatic nitrogens is 2. The lowest BCUT2D eigenvalue weighted by Crippen LogP contribution is -2.41. The number of piperidine rings is 1. The molecule has 3 aromatic rings. The fourth-order valence-electron chi connectivity index (χ4n) is 4.76. The zero-order chi connectivity index (χ0) is 21.9. The van der Waals surface area contributed by atoms with Crippen molar-refractivity contribution in [3.63, 3.8) is 0 Å². The first-order valence-corrected chi connectivity index (χ1v) is 11.9. The van der Waals surface area contributed by atoms with E-state index in [4.69, 9.17) is 9.72 Å². The minimum Gasteiger partial charge on any atom is -0.488 e. The fraction of sp³-hybridized carbons (Fsp3) is 0.462. The van der Waals surface area contributed by atoms with E-state index in [2.05, 4.69) is 58.2 Å². The van der Waals surface area contributed by atoms with Crippen molar-refractivity contribution in [1.29, 1.82) is 0 Å². The Morgan fingerprint density at radius 3 is 2.56 bits per heavy atom. The summed E-state index contributed by atoms with van der Waals surface area (Å²) in [7, 11) is 0. The van der Waals surface area contributed by atoms with Gasteiger partial charge in [-0.3, -0.25) is 0 Å². The number of ether oxygens (including phenoxy) is 1. The zero-order valence-corrected chi connectivity index (χ0v) is 19.1. The van der Waals surface area contributed by atoms with Crippen molar-refractivity contribution in [2.45, 2.75) is 51.7 Å². The number of hydrogen-bond donors (Lipinski definition) is 1. The van der Waals surface area contributed by atoms with Gasteiger partial charge in [-0.15, -0.1) is 0 Å². The quantitative estimate of drug-likeness (QED) is 0.577. The Kier molecular flexibility index (Phi) is 6.12. The molecule has 3 heterocycles. The van der Waals surface area contributed by atoms with Crippen LogP contribution in [0.1, 0.15) is 39.5 Å². The molecule has 0 bridgehead atoms. The Hall–Kier alpha value is -2.86. The average molecular weight is 432 g/mol. The number of likely N-dealkylation sites (tertiary alicyclic amines) is 1. The van der Waals surface area contributed by atoms with Crippen LogP contribution in [0.4, 0.5) is 17.3 Å². The van der Waals surface area contributed by atoms with Gasteiger partial charge in [0.05, 0.1) is 0 Å². The number of benzene rings is 2. The van der Waals surface area contributed by atoms with Crippen molar-refractivity contribution >= 4 is 28.2 Å². The van der Waals surface area contributed by atoms with Crippen LogP contribution < -0.4 is 15.0 Å². The molecule has 1 aromatic heterocycles. The Balaban J connectivity index is 1.33. The molecule has 0 spiro atoms. The van der Waals surface area contributed by atoms with Gasteiger partial charge < -0.3 is 19.9 Å². The van der Waals surface area contributed by atoms with Gasteiger partial charge in [-0.25, -0.2) is 9.97 Å². The highest BCUT2D eigenvalue weighted by Gasteiger charge is 2.23. The number of nitrogens with zero attached hydrogens (tertiary/aromatic N) is 4. The molecule has 0 unspecified atom stereocenters. The molecule has 5 rings (SSSR count). The largest absolute Gasteiger partial charge is 0.488 e. The SMILES string of the molecule is CC(C)N1CCC(Oc2cccc3cnc(Nc4cccc(N5CCCC5)c4)nc23)CC1. The molecule has 0 aliphatic carbocycles. The Bertz CT molecular complexity index is 1060. The van der Waals surface area contributed by atoms with Crippen LogP contribution in [-0.2, 0) is 0 Å². The van der Waals surface area contributed by atoms with Crippen molar-refractivity contribution < 1.29 is 4.74 Å². The van der Waals surface area contributed by atoms with Gasteiger partial charge in [-0.05, 0) is 63.8 Å². The van der Waals surface area contributed by atoms with E-state index < -0.39 is 0 Å². The van der Waals surface area contributed by atoms with Crippen LogP contribution in [0.15, 0.2) is 48.7 Å². The summed E-state index contributed by atoms with van der Waals surface area (Å²) in [6.45, 7) is 8.96. The lowest BCUT2D eigenvalue weighted by atomic mass is 10.1. The molecule has 2 aromatic carbocycles. The van der Waals surface area contributed by atoms with Crippen LogP contribution >= 0.6 is 0 Å². The van der Waals surface area contributed by atoms with Crippen molar-refractivity contribution in [3.05, 3.63) is 48.7 Å². The van der Waals surface area contributed by atoms with Gasteiger partial charge in [0.1, 0.15) is 17.4 Å². The van der Waals surface area contributed by atoms with Gasteiger partial charge in [0.15, 0.2) is 0 Å². The first-order chi connectivity index (χ1) is 15.7. The molecule has 6 heteroatoms. The van der Waals surface area contributed by atoms with Gasteiger partial charge in [-0.2, -0.15) is 0 Å². The molecule has 0 amide bonds. The molecule has 2 aliphatic rings. The molecule has 6 nitrogen and oxygen atoms in total. The summed E-state index contributed by atoms with van der Waals surface area (Å²) in [5.74, 6) is 1.45. The maximum absolute atomic E-state index is 6.44. The monoisotopic (exact) mass is 431 g/mol. The summed E-state index contributed by atoms with van der Waals surface area (Å²) >= 11 is 0. The van der Waals surface area contributed by atoms with E-state index in [0.717, 1.165) is 61.4 Å². The molecule has 0 saturated carbocycles.